The minimum absolute atomic E-state index is 0.0375. The number of amides is 2. The molecule has 0 radical (unpaired) electrons. The van der Waals surface area contributed by atoms with Gasteiger partial charge in [-0.15, -0.1) is 0 Å². The minimum Gasteiger partial charge on any atom is -0.395 e. The van der Waals surface area contributed by atoms with E-state index in [0.717, 1.165) is 0 Å². The van der Waals surface area contributed by atoms with Gasteiger partial charge in [-0.1, -0.05) is 6.07 Å². The quantitative estimate of drug-likeness (QED) is 0.402. The van der Waals surface area contributed by atoms with Gasteiger partial charge in [-0.05, 0) is 49.2 Å². The predicted octanol–water partition coefficient (Wildman–Crippen LogP) is 1.95. The lowest BCUT2D eigenvalue weighted by atomic mass is 10.1. The number of hydrogen-bond acceptors (Lipinski definition) is 9. The molecule has 11 nitrogen and oxygen atoms in total. The van der Waals surface area contributed by atoms with Gasteiger partial charge in [-0.2, -0.15) is 0 Å². The van der Waals surface area contributed by atoms with Crippen LogP contribution in [0.1, 0.15) is 18.5 Å². The Morgan fingerprint density at radius 2 is 1.84 bits per heavy atom. The van der Waals surface area contributed by atoms with E-state index in [-0.39, 0.29) is 18.2 Å². The van der Waals surface area contributed by atoms with Crippen molar-refractivity contribution in [2.75, 3.05) is 49.7 Å². The first kappa shape index (κ1) is 25.1. The number of carbonyl (C=O) groups excluding carboxylic acids is 1. The van der Waals surface area contributed by atoms with Gasteiger partial charge < -0.3 is 25.4 Å². The molecule has 0 spiro atoms. The second-order valence-corrected chi connectivity index (χ2v) is 11.1. The summed E-state index contributed by atoms with van der Waals surface area (Å²) in [5, 5.41) is 14.1. The number of pyridine rings is 1. The maximum atomic E-state index is 13.7. The number of rotatable bonds is 8. The van der Waals surface area contributed by atoms with Gasteiger partial charge in [-0.3, -0.25) is 0 Å². The minimum atomic E-state index is -3.77. The number of hydrogen-bond donors (Lipinski definition) is 3. The van der Waals surface area contributed by atoms with Crippen molar-refractivity contribution in [3.05, 3.63) is 60.4 Å². The molecule has 1 aliphatic carbocycles. The number of sulfone groups is 1. The van der Waals surface area contributed by atoms with Crippen LogP contribution in [-0.2, 0) is 19.3 Å². The molecule has 2 aromatic heterocycles. The van der Waals surface area contributed by atoms with Crippen LogP contribution in [0.5, 0.6) is 0 Å². The van der Waals surface area contributed by atoms with E-state index in [4.69, 9.17) is 19.8 Å². The van der Waals surface area contributed by atoms with E-state index in [1.54, 1.807) is 42.5 Å². The Balaban J connectivity index is 1.51. The number of aliphatic hydroxyl groups is 1. The van der Waals surface area contributed by atoms with Crippen LogP contribution in [0, 0.1) is 0 Å². The largest absolute Gasteiger partial charge is 0.395 e. The predicted molar refractivity (Wildman–Crippen MR) is 137 cm³/mol. The lowest BCUT2D eigenvalue weighted by Gasteiger charge is -2.29. The number of carbonyl (C=O) groups is 1. The normalized spacial score (nSPS) is 16.7. The number of urea groups is 1. The Labute approximate surface area is 214 Å². The summed E-state index contributed by atoms with van der Waals surface area (Å²) >= 11 is 0. The molecule has 3 heterocycles. The van der Waals surface area contributed by atoms with Gasteiger partial charge in [0.15, 0.2) is 10.9 Å². The van der Waals surface area contributed by atoms with E-state index in [2.05, 4.69) is 20.5 Å². The number of benzene rings is 1. The zero-order valence-corrected chi connectivity index (χ0v) is 20.9. The zero-order valence-electron chi connectivity index (χ0n) is 20.1. The fourth-order valence-electron chi connectivity index (χ4n) is 4.28. The van der Waals surface area contributed by atoms with Crippen molar-refractivity contribution in [1.29, 1.82) is 0 Å². The summed E-state index contributed by atoms with van der Waals surface area (Å²) in [5.41, 5.74) is 1.69. The number of nitrogens with zero attached hydrogens (tertiary/aromatic N) is 4. The van der Waals surface area contributed by atoms with Crippen LogP contribution in [-0.4, -0.2) is 74.0 Å². The second kappa shape index (κ2) is 10.4. The number of ether oxygens (including phenoxy) is 1. The average molecular weight is 525 g/mol. The van der Waals surface area contributed by atoms with Crippen LogP contribution in [0.2, 0.25) is 0 Å². The average Bonchev–Trinajstić information content (AvgIpc) is 3.76. The van der Waals surface area contributed by atoms with Crippen LogP contribution in [0.25, 0.3) is 11.4 Å². The standard InChI is InChI=1S/C25H28N6O5S/c32-14-11-27-24(33)28-19-6-4-18(5-7-19)23-29-20(17-21(30-23)31-12-15-36-16-13-31)25(8-9-25)37(34,35)22-3-1-2-10-26-22/h1-7,10,17,32H,8-9,11-16H2,(H2,27,28,33). The number of morpholine rings is 1. The molecule has 2 aliphatic rings. The second-order valence-electron chi connectivity index (χ2n) is 8.88. The van der Waals surface area contributed by atoms with Gasteiger partial charge >= 0.3 is 6.03 Å². The molecule has 0 bridgehead atoms. The maximum Gasteiger partial charge on any atom is 0.319 e. The van der Waals surface area contributed by atoms with Crippen molar-refractivity contribution in [3.63, 3.8) is 0 Å². The van der Waals surface area contributed by atoms with Crippen molar-refractivity contribution >= 4 is 27.4 Å². The fourth-order valence-corrected chi connectivity index (χ4v) is 6.16. The molecule has 2 amide bonds. The SMILES string of the molecule is O=C(NCCO)Nc1ccc(-c2nc(N3CCOCC3)cc(C3(S(=O)(=O)c4ccccn4)CC3)n2)cc1. The third-order valence-electron chi connectivity index (χ3n) is 6.44. The fraction of sp³-hybridized carbons (Fsp3) is 0.360. The molecule has 37 heavy (non-hydrogen) atoms. The Hall–Kier alpha value is -3.61. The van der Waals surface area contributed by atoms with Gasteiger partial charge in [0.05, 0.1) is 25.5 Å². The zero-order chi connectivity index (χ0) is 25.9. The lowest BCUT2D eigenvalue weighted by Crippen LogP contribution is -2.37. The summed E-state index contributed by atoms with van der Waals surface area (Å²) in [6.45, 7) is 2.40. The first-order valence-corrected chi connectivity index (χ1v) is 13.6. The summed E-state index contributed by atoms with van der Waals surface area (Å²) in [5.74, 6) is 1.05. The third-order valence-corrected chi connectivity index (χ3v) is 8.88. The van der Waals surface area contributed by atoms with Crippen LogP contribution in [0.15, 0.2) is 59.8 Å². The molecule has 194 valence electrons. The van der Waals surface area contributed by atoms with E-state index in [1.807, 2.05) is 0 Å². The molecule has 0 atom stereocenters. The molecule has 3 N–H and O–H groups in total. The van der Waals surface area contributed by atoms with Crippen molar-refractivity contribution < 1.29 is 23.1 Å². The topological polar surface area (TPSA) is 147 Å². The van der Waals surface area contributed by atoms with E-state index in [9.17, 15) is 13.2 Å². The Morgan fingerprint density at radius 1 is 1.08 bits per heavy atom. The van der Waals surface area contributed by atoms with Gasteiger partial charge in [-0.25, -0.2) is 28.2 Å². The maximum absolute atomic E-state index is 13.7. The summed E-state index contributed by atoms with van der Waals surface area (Å²) in [7, 11) is -3.77. The van der Waals surface area contributed by atoms with Crippen LogP contribution < -0.4 is 15.5 Å². The Bertz CT molecular complexity index is 1360. The third kappa shape index (κ3) is 5.13. The highest BCUT2D eigenvalue weighted by atomic mass is 32.2. The van der Waals surface area contributed by atoms with Crippen molar-refractivity contribution in [3.8, 4) is 11.4 Å². The monoisotopic (exact) mass is 524 g/mol. The van der Waals surface area contributed by atoms with E-state index < -0.39 is 20.6 Å². The van der Waals surface area contributed by atoms with Crippen LogP contribution in [0.4, 0.5) is 16.3 Å². The van der Waals surface area contributed by atoms with E-state index in [1.165, 1.54) is 12.3 Å². The number of anilines is 2. The summed E-state index contributed by atoms with van der Waals surface area (Å²) < 4.78 is 31.7. The van der Waals surface area contributed by atoms with Crippen LogP contribution in [0.3, 0.4) is 0 Å². The van der Waals surface area contributed by atoms with E-state index >= 15 is 0 Å². The molecule has 3 aromatic rings. The van der Waals surface area contributed by atoms with Crippen molar-refractivity contribution in [1.82, 2.24) is 20.3 Å². The molecule has 5 rings (SSSR count). The van der Waals surface area contributed by atoms with Gasteiger partial charge in [0.2, 0.25) is 9.84 Å². The number of nitrogens with one attached hydrogen (secondary N) is 2. The van der Waals surface area contributed by atoms with Gasteiger partial charge in [0.25, 0.3) is 0 Å². The van der Waals surface area contributed by atoms with Gasteiger partial charge in [0, 0.05) is 43.1 Å². The summed E-state index contributed by atoms with van der Waals surface area (Å²) in [6.07, 6.45) is 2.39. The molecule has 1 aromatic carbocycles. The molecular weight excluding hydrogens is 496 g/mol. The molecule has 0 unspecified atom stereocenters. The molecule has 12 heteroatoms. The molecule has 1 saturated carbocycles. The van der Waals surface area contributed by atoms with Gasteiger partial charge in [0.1, 0.15) is 10.6 Å². The molecular formula is C25H28N6O5S. The Morgan fingerprint density at radius 3 is 2.49 bits per heavy atom. The Kier molecular flexibility index (Phi) is 7.04. The molecule has 2 fully saturated rings. The molecule has 1 saturated heterocycles. The van der Waals surface area contributed by atoms with Crippen LogP contribution >= 0.6 is 0 Å². The number of aliphatic hydroxyl groups excluding tert-OH is 1. The smallest absolute Gasteiger partial charge is 0.319 e. The van der Waals surface area contributed by atoms with Crippen molar-refractivity contribution in [2.24, 2.45) is 0 Å². The van der Waals surface area contributed by atoms with E-state index in [0.29, 0.717) is 67.7 Å². The summed E-state index contributed by atoms with van der Waals surface area (Å²) in [4.78, 5) is 27.6. The highest BCUT2D eigenvalue weighted by molar-refractivity contribution is 7.92. The highest BCUT2D eigenvalue weighted by Crippen LogP contribution is 2.54. The summed E-state index contributed by atoms with van der Waals surface area (Å²) in [6, 6.07) is 13.2. The van der Waals surface area contributed by atoms with Crippen molar-refractivity contribution in [2.45, 2.75) is 22.6 Å². The lowest BCUT2D eigenvalue weighted by molar-refractivity contribution is 0.122. The first-order chi connectivity index (χ1) is 17.9. The number of aromatic nitrogens is 3. The first-order valence-electron chi connectivity index (χ1n) is 12.1. The highest BCUT2D eigenvalue weighted by Gasteiger charge is 2.58. The molecule has 1 aliphatic heterocycles.